The highest BCUT2D eigenvalue weighted by Crippen LogP contribution is 2.35. The fourth-order valence-corrected chi connectivity index (χ4v) is 2.12. The van der Waals surface area contributed by atoms with Crippen molar-refractivity contribution >= 4 is 23.8 Å². The SMILES string of the molecule is COc1ccc(NC(=O)N(C=O)c2ccc3c(c2)OCO3)cc1. The summed E-state index contributed by atoms with van der Waals surface area (Å²) in [7, 11) is 1.56. The Hall–Kier alpha value is -3.22. The number of fused-ring (bicyclic) bond motifs is 1. The molecule has 0 saturated carbocycles. The third-order valence-electron chi connectivity index (χ3n) is 3.30. The molecule has 3 rings (SSSR count). The second-order valence-corrected chi connectivity index (χ2v) is 4.67. The summed E-state index contributed by atoms with van der Waals surface area (Å²) < 4.78 is 15.5. The highest BCUT2D eigenvalue weighted by molar-refractivity contribution is 6.12. The maximum atomic E-state index is 12.3. The first-order valence-corrected chi connectivity index (χ1v) is 6.80. The number of amides is 3. The summed E-state index contributed by atoms with van der Waals surface area (Å²) in [5, 5.41) is 2.64. The molecule has 1 aliphatic rings. The van der Waals surface area contributed by atoms with E-state index in [1.165, 1.54) is 0 Å². The molecule has 2 aromatic rings. The fourth-order valence-electron chi connectivity index (χ4n) is 2.12. The summed E-state index contributed by atoms with van der Waals surface area (Å²) in [6.45, 7) is 0.123. The van der Waals surface area contributed by atoms with Gasteiger partial charge in [-0.25, -0.2) is 9.69 Å². The number of nitrogens with zero attached hydrogens (tertiary/aromatic N) is 1. The number of nitrogens with one attached hydrogen (secondary N) is 1. The minimum Gasteiger partial charge on any atom is -0.497 e. The Morgan fingerprint density at radius 3 is 2.61 bits per heavy atom. The molecule has 0 radical (unpaired) electrons. The molecule has 1 heterocycles. The van der Waals surface area contributed by atoms with Crippen LogP contribution in [0.2, 0.25) is 0 Å². The second-order valence-electron chi connectivity index (χ2n) is 4.67. The van der Waals surface area contributed by atoms with E-state index in [4.69, 9.17) is 14.2 Å². The van der Waals surface area contributed by atoms with Gasteiger partial charge in [-0.15, -0.1) is 0 Å². The van der Waals surface area contributed by atoms with Gasteiger partial charge in [0.15, 0.2) is 11.5 Å². The summed E-state index contributed by atoms with van der Waals surface area (Å²) >= 11 is 0. The van der Waals surface area contributed by atoms with Crippen molar-refractivity contribution in [3.63, 3.8) is 0 Å². The Balaban J connectivity index is 1.77. The van der Waals surface area contributed by atoms with Crippen molar-refractivity contribution in [3.05, 3.63) is 42.5 Å². The lowest BCUT2D eigenvalue weighted by Crippen LogP contribution is -2.33. The first-order valence-electron chi connectivity index (χ1n) is 6.80. The third kappa shape index (κ3) is 3.03. The van der Waals surface area contributed by atoms with E-state index in [1.807, 2.05) is 0 Å². The van der Waals surface area contributed by atoms with Gasteiger partial charge in [-0.05, 0) is 36.4 Å². The smallest absolute Gasteiger partial charge is 0.332 e. The summed E-state index contributed by atoms with van der Waals surface area (Å²) in [4.78, 5) is 24.5. The van der Waals surface area contributed by atoms with Crippen LogP contribution < -0.4 is 24.4 Å². The summed E-state index contributed by atoms with van der Waals surface area (Å²) in [5.74, 6) is 1.74. The Labute approximate surface area is 132 Å². The van der Waals surface area contributed by atoms with Crippen LogP contribution in [0, 0.1) is 0 Å². The van der Waals surface area contributed by atoms with Crippen LogP contribution in [0.3, 0.4) is 0 Å². The lowest BCUT2D eigenvalue weighted by Gasteiger charge is -2.17. The van der Waals surface area contributed by atoms with Gasteiger partial charge < -0.3 is 19.5 Å². The van der Waals surface area contributed by atoms with Crippen molar-refractivity contribution in [2.45, 2.75) is 0 Å². The molecule has 7 heteroatoms. The lowest BCUT2D eigenvalue weighted by molar-refractivity contribution is -0.106. The molecular formula is C16H14N2O5. The van der Waals surface area contributed by atoms with Crippen molar-refractivity contribution in [1.29, 1.82) is 0 Å². The van der Waals surface area contributed by atoms with Crippen molar-refractivity contribution in [3.8, 4) is 17.2 Å². The summed E-state index contributed by atoms with van der Waals surface area (Å²) in [6.07, 6.45) is 0.441. The van der Waals surface area contributed by atoms with Gasteiger partial charge in [-0.2, -0.15) is 0 Å². The minimum atomic E-state index is -0.580. The largest absolute Gasteiger partial charge is 0.497 e. The van der Waals surface area contributed by atoms with Crippen LogP contribution in [0.25, 0.3) is 0 Å². The van der Waals surface area contributed by atoms with Crippen LogP contribution >= 0.6 is 0 Å². The zero-order valence-corrected chi connectivity index (χ0v) is 12.3. The van der Waals surface area contributed by atoms with Crippen LogP contribution in [0.4, 0.5) is 16.2 Å². The number of imide groups is 1. The van der Waals surface area contributed by atoms with Gasteiger partial charge in [0.1, 0.15) is 5.75 Å². The molecule has 0 spiro atoms. The van der Waals surface area contributed by atoms with E-state index in [2.05, 4.69) is 5.32 Å². The number of urea groups is 1. The van der Waals surface area contributed by atoms with E-state index in [-0.39, 0.29) is 6.79 Å². The Bertz CT molecular complexity index is 730. The zero-order valence-electron chi connectivity index (χ0n) is 12.3. The number of anilines is 2. The minimum absolute atomic E-state index is 0.123. The monoisotopic (exact) mass is 314 g/mol. The predicted molar refractivity (Wildman–Crippen MR) is 83.1 cm³/mol. The average Bonchev–Trinajstić information content (AvgIpc) is 3.04. The molecule has 118 valence electrons. The summed E-state index contributed by atoms with van der Waals surface area (Å²) in [6, 6.07) is 11.0. The third-order valence-corrected chi connectivity index (χ3v) is 3.30. The molecule has 1 aliphatic heterocycles. The Morgan fingerprint density at radius 1 is 1.17 bits per heavy atom. The van der Waals surface area contributed by atoms with E-state index >= 15 is 0 Å². The molecule has 1 N–H and O–H groups in total. The molecule has 0 atom stereocenters. The van der Waals surface area contributed by atoms with Crippen molar-refractivity contribution < 1.29 is 23.8 Å². The number of methoxy groups -OCH3 is 1. The maximum Gasteiger partial charge on any atom is 0.332 e. The van der Waals surface area contributed by atoms with Crippen LogP contribution in [-0.4, -0.2) is 26.3 Å². The second kappa shape index (κ2) is 6.27. The van der Waals surface area contributed by atoms with E-state index in [9.17, 15) is 9.59 Å². The van der Waals surface area contributed by atoms with Crippen LogP contribution in [-0.2, 0) is 4.79 Å². The fraction of sp³-hybridized carbons (Fsp3) is 0.125. The van der Waals surface area contributed by atoms with E-state index in [0.29, 0.717) is 35.0 Å². The molecule has 2 aromatic carbocycles. The normalized spacial score (nSPS) is 11.7. The van der Waals surface area contributed by atoms with E-state index in [1.54, 1.807) is 49.6 Å². The molecule has 0 saturated heterocycles. The maximum absolute atomic E-state index is 12.3. The molecule has 0 bridgehead atoms. The first-order chi connectivity index (χ1) is 11.2. The number of carbonyl (C=O) groups excluding carboxylic acids is 2. The highest BCUT2D eigenvalue weighted by Gasteiger charge is 2.20. The highest BCUT2D eigenvalue weighted by atomic mass is 16.7. The number of hydrogen-bond acceptors (Lipinski definition) is 5. The Morgan fingerprint density at radius 2 is 1.91 bits per heavy atom. The molecule has 3 amide bonds. The Kier molecular flexibility index (Phi) is 4.01. The van der Waals surface area contributed by atoms with Crippen LogP contribution in [0.1, 0.15) is 0 Å². The van der Waals surface area contributed by atoms with Gasteiger partial charge in [0, 0.05) is 11.8 Å². The topological polar surface area (TPSA) is 77.1 Å². The average molecular weight is 314 g/mol. The van der Waals surface area contributed by atoms with E-state index < -0.39 is 6.03 Å². The van der Waals surface area contributed by atoms with Gasteiger partial charge >= 0.3 is 6.03 Å². The first kappa shape index (κ1) is 14.7. The van der Waals surface area contributed by atoms with Crippen LogP contribution in [0.5, 0.6) is 17.2 Å². The number of rotatable bonds is 4. The number of hydrogen-bond donors (Lipinski definition) is 1. The van der Waals surface area contributed by atoms with E-state index in [0.717, 1.165) is 4.90 Å². The van der Waals surface area contributed by atoms with Gasteiger partial charge in [0.25, 0.3) is 0 Å². The number of carbonyl (C=O) groups is 2. The number of benzene rings is 2. The molecule has 23 heavy (non-hydrogen) atoms. The number of ether oxygens (including phenoxy) is 3. The molecule has 0 unspecified atom stereocenters. The zero-order chi connectivity index (χ0) is 16.2. The van der Waals surface area contributed by atoms with Crippen molar-refractivity contribution in [1.82, 2.24) is 0 Å². The van der Waals surface area contributed by atoms with Crippen LogP contribution in [0.15, 0.2) is 42.5 Å². The van der Waals surface area contributed by atoms with Crippen molar-refractivity contribution in [2.24, 2.45) is 0 Å². The molecular weight excluding hydrogens is 300 g/mol. The quantitative estimate of drug-likeness (QED) is 0.878. The standard InChI is InChI=1S/C16H14N2O5/c1-21-13-5-2-11(3-6-13)17-16(20)18(9-19)12-4-7-14-15(8-12)23-10-22-14/h2-9H,10H2,1H3,(H,17,20). The molecule has 0 aliphatic carbocycles. The molecule has 7 nitrogen and oxygen atoms in total. The van der Waals surface area contributed by atoms with Gasteiger partial charge in [-0.3, -0.25) is 4.79 Å². The molecule has 0 fully saturated rings. The van der Waals surface area contributed by atoms with Gasteiger partial charge in [0.05, 0.1) is 12.8 Å². The molecule has 0 aromatic heterocycles. The lowest BCUT2D eigenvalue weighted by atomic mass is 10.2. The van der Waals surface area contributed by atoms with Gasteiger partial charge in [-0.1, -0.05) is 0 Å². The van der Waals surface area contributed by atoms with Gasteiger partial charge in [0.2, 0.25) is 13.2 Å². The van der Waals surface area contributed by atoms with Crippen molar-refractivity contribution in [2.75, 3.05) is 24.1 Å². The predicted octanol–water partition coefficient (Wildman–Crippen LogP) is 2.62. The summed E-state index contributed by atoms with van der Waals surface area (Å²) in [5.41, 5.74) is 0.929.